The first-order valence-corrected chi connectivity index (χ1v) is 5.87. The molecule has 2 heterocycles. The molecule has 2 aromatic heterocycles. The second kappa shape index (κ2) is 5.59. The quantitative estimate of drug-likeness (QED) is 0.661. The Morgan fingerprint density at radius 2 is 2.10 bits per heavy atom. The molecule has 20 heavy (non-hydrogen) atoms. The molecule has 3 N–H and O–H groups in total. The topological polar surface area (TPSA) is 68.8 Å². The van der Waals surface area contributed by atoms with E-state index >= 15 is 0 Å². The molecule has 1 unspecified atom stereocenters. The molecule has 0 saturated carbocycles. The second-order valence-electron chi connectivity index (χ2n) is 4.42. The van der Waals surface area contributed by atoms with E-state index in [2.05, 4.69) is 15.5 Å². The summed E-state index contributed by atoms with van der Waals surface area (Å²) in [6.07, 6.45) is 0.398. The zero-order valence-corrected chi connectivity index (χ0v) is 10.7. The monoisotopic (exact) mass is 285 g/mol. The van der Waals surface area contributed by atoms with Crippen molar-refractivity contribution in [1.82, 2.24) is 20.2 Å². The maximum atomic E-state index is 12.5. The van der Waals surface area contributed by atoms with E-state index in [-0.39, 0.29) is 6.04 Å². The first-order valence-electron chi connectivity index (χ1n) is 5.87. The van der Waals surface area contributed by atoms with Gasteiger partial charge in [0.2, 0.25) is 0 Å². The van der Waals surface area contributed by atoms with Gasteiger partial charge in [0.25, 0.3) is 0 Å². The number of alkyl halides is 3. The third-order valence-corrected chi connectivity index (χ3v) is 2.87. The van der Waals surface area contributed by atoms with Gasteiger partial charge in [-0.05, 0) is 24.1 Å². The Labute approximate surface area is 113 Å². The summed E-state index contributed by atoms with van der Waals surface area (Å²) in [7, 11) is 1.78. The molecule has 0 spiro atoms. The van der Waals surface area contributed by atoms with Crippen molar-refractivity contribution in [2.75, 3.05) is 0 Å². The predicted octanol–water partition coefficient (Wildman–Crippen LogP) is 1.58. The van der Waals surface area contributed by atoms with Gasteiger partial charge in [-0.2, -0.15) is 18.3 Å². The van der Waals surface area contributed by atoms with Crippen LogP contribution in [0.2, 0.25) is 0 Å². The molecule has 5 nitrogen and oxygen atoms in total. The summed E-state index contributed by atoms with van der Waals surface area (Å²) in [5, 5.41) is 4.02. The number of hydrogen-bond donors (Lipinski definition) is 2. The molecule has 0 fully saturated rings. The minimum Gasteiger partial charge on any atom is -0.276 e. The summed E-state index contributed by atoms with van der Waals surface area (Å²) in [4.78, 5) is 3.83. The largest absolute Gasteiger partial charge is 0.417 e. The lowest BCUT2D eigenvalue weighted by Gasteiger charge is -2.15. The summed E-state index contributed by atoms with van der Waals surface area (Å²) >= 11 is 0. The van der Waals surface area contributed by atoms with Crippen molar-refractivity contribution >= 4 is 0 Å². The fraction of sp³-hybridized carbons (Fsp3) is 0.333. The average Bonchev–Trinajstić information content (AvgIpc) is 2.81. The number of nitrogens with one attached hydrogen (secondary N) is 1. The van der Waals surface area contributed by atoms with Gasteiger partial charge in [-0.15, -0.1) is 0 Å². The fourth-order valence-corrected chi connectivity index (χ4v) is 1.84. The minimum atomic E-state index is -4.39. The number of nitrogens with two attached hydrogens (primary N) is 1. The van der Waals surface area contributed by atoms with Crippen LogP contribution in [0.25, 0.3) is 0 Å². The molecule has 0 aliphatic carbocycles. The number of pyridine rings is 1. The van der Waals surface area contributed by atoms with E-state index in [0.717, 1.165) is 17.8 Å². The van der Waals surface area contributed by atoms with Gasteiger partial charge in [-0.1, -0.05) is 0 Å². The molecule has 1 atom stereocenters. The summed E-state index contributed by atoms with van der Waals surface area (Å²) in [5.41, 5.74) is 3.14. The Bertz CT molecular complexity index is 561. The molecule has 0 radical (unpaired) electrons. The zero-order chi connectivity index (χ0) is 14.8. The van der Waals surface area contributed by atoms with Crippen LogP contribution in [0.5, 0.6) is 0 Å². The molecule has 0 saturated heterocycles. The normalized spacial score (nSPS) is 13.4. The first kappa shape index (κ1) is 14.5. The predicted molar refractivity (Wildman–Crippen MR) is 66.2 cm³/mol. The van der Waals surface area contributed by atoms with Crippen molar-refractivity contribution in [3.05, 3.63) is 47.5 Å². The van der Waals surface area contributed by atoms with E-state index < -0.39 is 11.7 Å². The van der Waals surface area contributed by atoms with Gasteiger partial charge in [-0.3, -0.25) is 20.9 Å². The van der Waals surface area contributed by atoms with Crippen LogP contribution in [-0.2, 0) is 19.6 Å². The highest BCUT2D eigenvalue weighted by atomic mass is 19.4. The number of rotatable bonds is 4. The van der Waals surface area contributed by atoms with Crippen LogP contribution in [0.4, 0.5) is 13.2 Å². The molecule has 0 amide bonds. The molecule has 0 aliphatic heterocycles. The Balaban J connectivity index is 2.15. The van der Waals surface area contributed by atoms with Crippen LogP contribution in [-0.4, -0.2) is 14.8 Å². The van der Waals surface area contributed by atoms with Crippen LogP contribution in [0.3, 0.4) is 0 Å². The summed E-state index contributed by atoms with van der Waals surface area (Å²) in [6.45, 7) is 0. The zero-order valence-electron chi connectivity index (χ0n) is 10.7. The van der Waals surface area contributed by atoms with E-state index in [4.69, 9.17) is 5.84 Å². The number of halogens is 3. The molecular formula is C12H14F3N5. The lowest BCUT2D eigenvalue weighted by atomic mass is 10.1. The van der Waals surface area contributed by atoms with E-state index in [1.165, 1.54) is 6.07 Å². The Hall–Kier alpha value is -1.93. The SMILES string of the molecule is Cn1cc(CC(NN)c2ccc(C(F)(F)F)cn2)cn1. The first-order chi connectivity index (χ1) is 9.40. The van der Waals surface area contributed by atoms with Crippen molar-refractivity contribution in [3.8, 4) is 0 Å². The maximum absolute atomic E-state index is 12.5. The van der Waals surface area contributed by atoms with Gasteiger partial charge in [0.15, 0.2) is 0 Å². The fourth-order valence-electron chi connectivity index (χ4n) is 1.84. The third kappa shape index (κ3) is 3.34. The smallest absolute Gasteiger partial charge is 0.276 e. The molecule has 0 aliphatic rings. The highest BCUT2D eigenvalue weighted by Gasteiger charge is 2.31. The average molecular weight is 285 g/mol. The van der Waals surface area contributed by atoms with Gasteiger partial charge in [0, 0.05) is 19.4 Å². The number of nitrogens with zero attached hydrogens (tertiary/aromatic N) is 3. The van der Waals surface area contributed by atoms with Gasteiger partial charge in [0.1, 0.15) is 0 Å². The molecule has 108 valence electrons. The highest BCUT2D eigenvalue weighted by Crippen LogP contribution is 2.29. The van der Waals surface area contributed by atoms with Crippen LogP contribution in [0, 0.1) is 0 Å². The van der Waals surface area contributed by atoms with E-state index in [1.807, 2.05) is 6.20 Å². The van der Waals surface area contributed by atoms with Gasteiger partial charge < -0.3 is 0 Å². The number of hydrogen-bond acceptors (Lipinski definition) is 4. The van der Waals surface area contributed by atoms with E-state index in [1.54, 1.807) is 17.9 Å². The lowest BCUT2D eigenvalue weighted by molar-refractivity contribution is -0.137. The van der Waals surface area contributed by atoms with Crippen molar-refractivity contribution in [1.29, 1.82) is 0 Å². The molecule has 8 heteroatoms. The molecule has 2 rings (SSSR count). The van der Waals surface area contributed by atoms with Gasteiger partial charge >= 0.3 is 6.18 Å². The molecule has 2 aromatic rings. The Morgan fingerprint density at radius 3 is 2.55 bits per heavy atom. The second-order valence-corrected chi connectivity index (χ2v) is 4.42. The highest BCUT2D eigenvalue weighted by molar-refractivity contribution is 5.20. The van der Waals surface area contributed by atoms with Gasteiger partial charge in [-0.25, -0.2) is 0 Å². The van der Waals surface area contributed by atoms with Crippen molar-refractivity contribution in [2.24, 2.45) is 12.9 Å². The number of aromatic nitrogens is 3. The number of aryl methyl sites for hydroxylation is 1. The summed E-state index contributed by atoms with van der Waals surface area (Å²) < 4.78 is 39.0. The Kier molecular flexibility index (Phi) is 4.05. The summed E-state index contributed by atoms with van der Waals surface area (Å²) in [6, 6.07) is 1.95. The van der Waals surface area contributed by atoms with Gasteiger partial charge in [0.05, 0.1) is 23.5 Å². The van der Waals surface area contributed by atoms with Crippen molar-refractivity contribution in [3.63, 3.8) is 0 Å². The van der Waals surface area contributed by atoms with Crippen molar-refractivity contribution in [2.45, 2.75) is 18.6 Å². The maximum Gasteiger partial charge on any atom is 0.417 e. The Morgan fingerprint density at radius 1 is 1.35 bits per heavy atom. The van der Waals surface area contributed by atoms with Crippen LogP contribution < -0.4 is 11.3 Å². The van der Waals surface area contributed by atoms with E-state index in [0.29, 0.717) is 12.1 Å². The number of hydrazine groups is 1. The molecular weight excluding hydrogens is 271 g/mol. The van der Waals surface area contributed by atoms with E-state index in [9.17, 15) is 13.2 Å². The molecule has 0 aromatic carbocycles. The minimum absolute atomic E-state index is 0.374. The van der Waals surface area contributed by atoms with Crippen molar-refractivity contribution < 1.29 is 13.2 Å². The van der Waals surface area contributed by atoms with Crippen LogP contribution in [0.1, 0.15) is 22.9 Å². The standard InChI is InChI=1S/C12H14F3N5/c1-20-7-8(5-18-20)4-11(19-16)10-3-2-9(6-17-10)12(13,14)15/h2-3,5-7,11,19H,4,16H2,1H3. The van der Waals surface area contributed by atoms with Crippen LogP contribution in [0.15, 0.2) is 30.7 Å². The third-order valence-electron chi connectivity index (χ3n) is 2.87. The van der Waals surface area contributed by atoms with Crippen LogP contribution >= 0.6 is 0 Å². The lowest BCUT2D eigenvalue weighted by Crippen LogP contribution is -2.30. The summed E-state index contributed by atoms with van der Waals surface area (Å²) in [5.74, 6) is 5.44. The molecule has 0 bridgehead atoms.